The van der Waals surface area contributed by atoms with Crippen molar-refractivity contribution in [1.29, 1.82) is 0 Å². The Bertz CT molecular complexity index is 1010. The normalized spacial score (nSPS) is 14.6. The molecule has 1 aliphatic rings. The maximum absolute atomic E-state index is 12.9. The zero-order chi connectivity index (χ0) is 21.0. The van der Waals surface area contributed by atoms with Crippen LogP contribution in [0, 0.1) is 11.8 Å². The number of halogens is 3. The average Bonchev–Trinajstić information content (AvgIpc) is 3.07. The highest BCUT2D eigenvalue weighted by Crippen LogP contribution is 2.20. The average molecular weight is 412 g/mol. The number of piperazine rings is 1. The topological polar surface area (TPSA) is 94.3 Å². The van der Waals surface area contributed by atoms with Crippen molar-refractivity contribution in [2.24, 2.45) is 0 Å². The van der Waals surface area contributed by atoms with Crippen LogP contribution in [0.3, 0.4) is 0 Å². The van der Waals surface area contributed by atoms with E-state index in [0.717, 1.165) is 17.8 Å². The van der Waals surface area contributed by atoms with Gasteiger partial charge in [0.15, 0.2) is 0 Å². The van der Waals surface area contributed by atoms with Gasteiger partial charge >= 0.3 is 12.1 Å². The molecule has 1 N–H and O–H groups in total. The number of esters is 1. The van der Waals surface area contributed by atoms with Gasteiger partial charge in [-0.2, -0.15) is 18.3 Å². The summed E-state index contributed by atoms with van der Waals surface area (Å²) in [6.45, 7) is 3.92. The highest BCUT2D eigenvalue weighted by Gasteiger charge is 2.40. The van der Waals surface area contributed by atoms with E-state index in [0.29, 0.717) is 24.6 Å². The molecule has 0 spiro atoms. The van der Waals surface area contributed by atoms with Gasteiger partial charge in [-0.15, -0.1) is 5.92 Å². The van der Waals surface area contributed by atoms with Gasteiger partial charge in [-0.1, -0.05) is 5.92 Å². The van der Waals surface area contributed by atoms with Crippen LogP contribution in [0.15, 0.2) is 11.0 Å². The molecule has 1 aliphatic heterocycles. The van der Waals surface area contributed by atoms with Crippen LogP contribution < -0.4 is 15.8 Å². The highest BCUT2D eigenvalue weighted by molar-refractivity contribution is 5.77. The van der Waals surface area contributed by atoms with Crippen molar-refractivity contribution in [2.75, 3.05) is 37.7 Å². The van der Waals surface area contributed by atoms with Crippen LogP contribution in [0.2, 0.25) is 0 Å². The number of hydrogen-bond acceptors (Lipinski definition) is 7. The lowest BCUT2D eigenvalue weighted by Gasteiger charge is -2.28. The lowest BCUT2D eigenvalue weighted by Crippen LogP contribution is -2.44. The Kier molecular flexibility index (Phi) is 6.07. The molecule has 3 heterocycles. The third-order valence-electron chi connectivity index (χ3n) is 4.31. The molecule has 156 valence electrons. The molecule has 2 aromatic rings. The Morgan fingerprint density at radius 2 is 2.07 bits per heavy atom. The number of fused-ring (bicyclic) bond motifs is 1. The van der Waals surface area contributed by atoms with Crippen LogP contribution in [0.5, 0.6) is 0 Å². The van der Waals surface area contributed by atoms with E-state index in [1.54, 1.807) is 11.5 Å². The number of carbonyl (C=O) groups is 1. The minimum absolute atomic E-state index is 0.231. The quantitative estimate of drug-likeness (QED) is 0.551. The number of ether oxygens (including phenoxy) is 1. The van der Waals surface area contributed by atoms with Gasteiger partial charge in [-0.3, -0.25) is 9.36 Å². The number of carbonyl (C=O) groups excluding carboxylic acids is 1. The summed E-state index contributed by atoms with van der Waals surface area (Å²) in [5.74, 6) is 3.97. The summed E-state index contributed by atoms with van der Waals surface area (Å²) in [4.78, 5) is 30.2. The summed E-state index contributed by atoms with van der Waals surface area (Å²) in [6, 6.07) is 0. The van der Waals surface area contributed by atoms with Crippen LogP contribution in [-0.2, 0) is 22.6 Å². The molecule has 12 heteroatoms. The molecule has 0 radical (unpaired) electrons. The Hall–Kier alpha value is -3.07. The predicted molar refractivity (Wildman–Crippen MR) is 97.3 cm³/mol. The summed E-state index contributed by atoms with van der Waals surface area (Å²) in [5, 5.41) is 7.17. The maximum Gasteiger partial charge on any atom is 0.490 e. The number of rotatable bonds is 5. The summed E-state index contributed by atoms with van der Waals surface area (Å²) >= 11 is 0. The molecule has 0 saturated carbocycles. The Morgan fingerprint density at radius 3 is 2.72 bits per heavy atom. The molecule has 3 rings (SSSR count). The van der Waals surface area contributed by atoms with Crippen molar-refractivity contribution >= 4 is 23.0 Å². The van der Waals surface area contributed by atoms with E-state index in [1.807, 2.05) is 4.90 Å². The van der Waals surface area contributed by atoms with Gasteiger partial charge in [-0.25, -0.2) is 14.5 Å². The SMILES string of the molecule is CC#CCn1c(N2CCNCC2)nc2cnn(CCOC(=O)C(F)(F)F)c(=O)c21. The van der Waals surface area contributed by atoms with E-state index >= 15 is 0 Å². The van der Waals surface area contributed by atoms with E-state index in [1.165, 1.54) is 6.20 Å². The fraction of sp³-hybridized carbons (Fsp3) is 0.529. The van der Waals surface area contributed by atoms with Crippen molar-refractivity contribution < 1.29 is 22.7 Å². The lowest BCUT2D eigenvalue weighted by atomic mass is 10.4. The van der Waals surface area contributed by atoms with Crippen molar-refractivity contribution in [3.05, 3.63) is 16.6 Å². The Balaban J connectivity index is 1.92. The van der Waals surface area contributed by atoms with Crippen LogP contribution in [0.4, 0.5) is 19.1 Å². The monoisotopic (exact) mass is 412 g/mol. The fourth-order valence-electron chi connectivity index (χ4n) is 2.95. The smallest absolute Gasteiger partial charge is 0.457 e. The fourth-order valence-corrected chi connectivity index (χ4v) is 2.95. The third-order valence-corrected chi connectivity index (χ3v) is 4.31. The van der Waals surface area contributed by atoms with E-state index in [-0.39, 0.29) is 18.6 Å². The van der Waals surface area contributed by atoms with Crippen molar-refractivity contribution in [3.63, 3.8) is 0 Å². The van der Waals surface area contributed by atoms with Gasteiger partial charge < -0.3 is 15.0 Å². The second kappa shape index (κ2) is 8.52. The molecule has 1 fully saturated rings. The molecule has 0 aromatic carbocycles. The molecule has 0 bridgehead atoms. The van der Waals surface area contributed by atoms with Gasteiger partial charge in [-0.05, 0) is 6.92 Å². The van der Waals surface area contributed by atoms with E-state index in [4.69, 9.17) is 0 Å². The van der Waals surface area contributed by atoms with Crippen molar-refractivity contribution in [2.45, 2.75) is 26.2 Å². The van der Waals surface area contributed by atoms with E-state index < -0.39 is 24.3 Å². The Morgan fingerprint density at radius 1 is 1.34 bits per heavy atom. The number of nitrogens with zero attached hydrogens (tertiary/aromatic N) is 5. The summed E-state index contributed by atoms with van der Waals surface area (Å²) in [5.41, 5.74) is 0.0701. The lowest BCUT2D eigenvalue weighted by molar-refractivity contribution is -0.199. The number of alkyl halides is 3. The number of imidazole rings is 1. The van der Waals surface area contributed by atoms with Crippen LogP contribution in [-0.4, -0.2) is 64.3 Å². The Labute approximate surface area is 163 Å². The molecule has 9 nitrogen and oxygen atoms in total. The zero-order valence-corrected chi connectivity index (χ0v) is 15.6. The van der Waals surface area contributed by atoms with Crippen LogP contribution in [0.25, 0.3) is 11.0 Å². The predicted octanol–water partition coefficient (Wildman–Crippen LogP) is 0.131. The largest absolute Gasteiger partial charge is 0.490 e. The molecule has 0 atom stereocenters. The third kappa shape index (κ3) is 4.51. The first-order valence-corrected chi connectivity index (χ1v) is 8.88. The maximum atomic E-state index is 12.9. The van der Waals surface area contributed by atoms with Crippen LogP contribution >= 0.6 is 0 Å². The van der Waals surface area contributed by atoms with Gasteiger partial charge in [0, 0.05) is 26.2 Å². The summed E-state index contributed by atoms with van der Waals surface area (Å²) < 4.78 is 43.4. The van der Waals surface area contributed by atoms with Crippen molar-refractivity contribution in [1.82, 2.24) is 24.6 Å². The summed E-state index contributed by atoms with van der Waals surface area (Å²) in [7, 11) is 0. The number of aromatic nitrogens is 4. The van der Waals surface area contributed by atoms with Crippen molar-refractivity contribution in [3.8, 4) is 11.8 Å². The molecule has 0 amide bonds. The second-order valence-electron chi connectivity index (χ2n) is 6.20. The van der Waals surface area contributed by atoms with Crippen LogP contribution in [0.1, 0.15) is 6.92 Å². The zero-order valence-electron chi connectivity index (χ0n) is 15.6. The first-order valence-electron chi connectivity index (χ1n) is 8.88. The first kappa shape index (κ1) is 20.7. The number of nitrogens with one attached hydrogen (secondary N) is 1. The molecule has 1 saturated heterocycles. The standard InChI is InChI=1S/C17H19F3N6O3/c1-2-3-6-25-13-12(23-16(25)24-7-4-21-5-8-24)11-22-26(14(13)27)9-10-29-15(28)17(18,19)20/h11,21H,4-10H2,1H3. The minimum atomic E-state index is -5.09. The first-order chi connectivity index (χ1) is 13.8. The second-order valence-corrected chi connectivity index (χ2v) is 6.20. The molecule has 0 aliphatic carbocycles. The molecular weight excluding hydrogens is 393 g/mol. The molecule has 29 heavy (non-hydrogen) atoms. The van der Waals surface area contributed by atoms with E-state index in [2.05, 4.69) is 32.0 Å². The van der Waals surface area contributed by atoms with Gasteiger partial charge in [0.25, 0.3) is 5.56 Å². The molecule has 0 unspecified atom stereocenters. The van der Waals surface area contributed by atoms with Gasteiger partial charge in [0.2, 0.25) is 5.95 Å². The number of hydrogen-bond donors (Lipinski definition) is 1. The highest BCUT2D eigenvalue weighted by atomic mass is 19.4. The van der Waals surface area contributed by atoms with Gasteiger partial charge in [0.05, 0.1) is 19.3 Å². The van der Waals surface area contributed by atoms with E-state index in [9.17, 15) is 22.8 Å². The summed E-state index contributed by atoms with van der Waals surface area (Å²) in [6.07, 6.45) is -3.72. The van der Waals surface area contributed by atoms with Gasteiger partial charge in [0.1, 0.15) is 17.6 Å². The molecule has 2 aromatic heterocycles. The molecular formula is C17H19F3N6O3. The number of anilines is 1. The minimum Gasteiger partial charge on any atom is -0.457 e.